The molecular formula is C63H88N14O2S2. The number of hydrogen-bond donors (Lipinski definition) is 0. The van der Waals surface area contributed by atoms with Crippen LogP contribution in [0.3, 0.4) is 0 Å². The van der Waals surface area contributed by atoms with Gasteiger partial charge in [0.2, 0.25) is 0 Å². The molecule has 18 heteroatoms. The molecule has 5 aromatic rings. The van der Waals surface area contributed by atoms with Gasteiger partial charge in [0.1, 0.15) is 50.4 Å². The number of thiazole rings is 2. The van der Waals surface area contributed by atoms with E-state index >= 15 is 0 Å². The maximum atomic E-state index is 13.3. The molecule has 0 radical (unpaired) electrons. The maximum Gasteiger partial charge on any atom is 0.291 e. The molecule has 2 aliphatic heterocycles. The van der Waals surface area contributed by atoms with Crippen molar-refractivity contribution in [1.82, 2.24) is 39.5 Å². The maximum absolute atomic E-state index is 13.3. The van der Waals surface area contributed by atoms with Gasteiger partial charge in [-0.3, -0.25) is 9.59 Å². The molecule has 0 spiro atoms. The molecule has 2 unspecified atom stereocenters. The Balaban J connectivity index is 0.000000263. The summed E-state index contributed by atoms with van der Waals surface area (Å²) in [6, 6.07) is 14.3. The van der Waals surface area contributed by atoms with E-state index < -0.39 is 11.8 Å². The number of benzene rings is 1. The van der Waals surface area contributed by atoms with E-state index in [1.54, 1.807) is 36.5 Å². The Labute approximate surface area is 490 Å². The van der Waals surface area contributed by atoms with Gasteiger partial charge in [-0.25, -0.2) is 29.9 Å². The fourth-order valence-electron chi connectivity index (χ4n) is 9.70. The summed E-state index contributed by atoms with van der Waals surface area (Å²) in [4.78, 5) is 61.5. The summed E-state index contributed by atoms with van der Waals surface area (Å²) in [5.41, 5.74) is 4.91. The molecule has 0 bridgehead atoms. The average molecular weight is 1140 g/mol. The number of carbonyl (C=O) groups is 2. The summed E-state index contributed by atoms with van der Waals surface area (Å²) in [5, 5.41) is 32.5. The first-order valence-corrected chi connectivity index (χ1v) is 31.6. The van der Waals surface area contributed by atoms with E-state index in [0.717, 1.165) is 153 Å². The molecule has 0 fully saturated rings. The third-order valence-corrected chi connectivity index (χ3v) is 17.0. The Hall–Kier alpha value is -6.50. The largest absolute Gasteiger partial charge is 0.348 e. The first-order chi connectivity index (χ1) is 39.0. The lowest BCUT2D eigenvalue weighted by Gasteiger charge is -2.23. The SMILES string of the molecule is CCCCC(CC)c1nc2n(n1)C(=O)C(C#N)=C(C)C2=Nc1sc(N(CCC(C)C)CCC(C)C)nc1-c1ccccc1.CCCCC(CC)c1nc2n(n1)C(=O)C(C#N)=C(C)C2=Nc1sc(N(CCCC)CCCC)nc1C(C)C. The van der Waals surface area contributed by atoms with Crippen LogP contribution in [0.15, 0.2) is 62.6 Å². The van der Waals surface area contributed by atoms with Crippen LogP contribution in [0.25, 0.3) is 11.3 Å². The van der Waals surface area contributed by atoms with E-state index in [0.29, 0.717) is 57.7 Å². The number of nitrogens with zero attached hydrogens (tertiary/aromatic N) is 14. The van der Waals surface area contributed by atoms with Crippen molar-refractivity contribution in [3.8, 4) is 23.4 Å². The molecular weight excluding hydrogens is 1050 g/mol. The summed E-state index contributed by atoms with van der Waals surface area (Å²) in [6.07, 6.45) is 14.6. The third kappa shape index (κ3) is 15.5. The average Bonchev–Trinajstić information content (AvgIpc) is 4.50. The Morgan fingerprint density at radius 1 is 0.568 bits per heavy atom. The predicted molar refractivity (Wildman–Crippen MR) is 332 cm³/mol. The van der Waals surface area contributed by atoms with E-state index in [9.17, 15) is 20.1 Å². The zero-order valence-electron chi connectivity index (χ0n) is 50.9. The fraction of sp³-hybridized carbons (Fsp3) is 0.587. The Kier molecular flexibility index (Phi) is 24.0. The number of allylic oxidation sites excluding steroid dienone is 4. The minimum absolute atomic E-state index is 0.0470. The second kappa shape index (κ2) is 30.5. The number of nitriles is 2. The summed E-state index contributed by atoms with van der Waals surface area (Å²) in [6.45, 7) is 33.6. The lowest BCUT2D eigenvalue weighted by atomic mass is 9.98. The van der Waals surface area contributed by atoms with Gasteiger partial charge in [-0.05, 0) is 83.0 Å². The Morgan fingerprint density at radius 2 is 1.00 bits per heavy atom. The van der Waals surface area contributed by atoms with E-state index in [2.05, 4.69) is 115 Å². The molecule has 1 aromatic carbocycles. The monoisotopic (exact) mass is 1140 g/mol. The van der Waals surface area contributed by atoms with Crippen molar-refractivity contribution >= 4 is 66.2 Å². The van der Waals surface area contributed by atoms with Gasteiger partial charge in [0, 0.05) is 54.7 Å². The molecule has 2 aliphatic rings. The van der Waals surface area contributed by atoms with Crippen molar-refractivity contribution < 1.29 is 9.59 Å². The van der Waals surface area contributed by atoms with E-state index in [1.807, 2.05) is 30.3 Å². The molecule has 434 valence electrons. The molecule has 2 atom stereocenters. The van der Waals surface area contributed by atoms with E-state index in [1.165, 1.54) is 9.36 Å². The van der Waals surface area contributed by atoms with Crippen LogP contribution in [0.4, 0.5) is 20.3 Å². The number of unbranched alkanes of at least 4 members (excludes halogenated alkanes) is 4. The molecule has 0 N–H and O–H groups in total. The summed E-state index contributed by atoms with van der Waals surface area (Å²) < 4.78 is 2.58. The number of aliphatic imine (C=N–C) groups is 2. The smallest absolute Gasteiger partial charge is 0.291 e. The van der Waals surface area contributed by atoms with Crippen molar-refractivity contribution in [1.29, 1.82) is 10.5 Å². The minimum Gasteiger partial charge on any atom is -0.348 e. The van der Waals surface area contributed by atoms with Gasteiger partial charge in [-0.1, -0.05) is 175 Å². The summed E-state index contributed by atoms with van der Waals surface area (Å²) in [5.74, 6) is 2.89. The molecule has 7 rings (SSSR count). The molecule has 6 heterocycles. The van der Waals surface area contributed by atoms with Crippen molar-refractivity contribution in [3.63, 3.8) is 0 Å². The highest BCUT2D eigenvalue weighted by Gasteiger charge is 2.36. The van der Waals surface area contributed by atoms with Gasteiger partial charge in [0.05, 0.1) is 5.69 Å². The fourth-order valence-corrected chi connectivity index (χ4v) is 11.9. The second-order valence-corrected chi connectivity index (χ2v) is 24.5. The van der Waals surface area contributed by atoms with Gasteiger partial charge >= 0.3 is 0 Å². The molecule has 81 heavy (non-hydrogen) atoms. The van der Waals surface area contributed by atoms with Crippen molar-refractivity contribution in [2.75, 3.05) is 36.0 Å². The topological polar surface area (TPSA) is 200 Å². The summed E-state index contributed by atoms with van der Waals surface area (Å²) >= 11 is 3.14. The Bertz CT molecular complexity index is 3110. The van der Waals surface area contributed by atoms with Crippen LogP contribution >= 0.6 is 22.7 Å². The molecule has 16 nitrogen and oxygen atoms in total. The highest BCUT2D eigenvalue weighted by atomic mass is 32.1. The zero-order valence-corrected chi connectivity index (χ0v) is 52.5. The number of carbonyl (C=O) groups excluding carboxylic acids is 2. The number of rotatable bonds is 28. The van der Waals surface area contributed by atoms with Crippen molar-refractivity contribution in [2.45, 2.75) is 205 Å². The van der Waals surface area contributed by atoms with Crippen LogP contribution < -0.4 is 9.80 Å². The van der Waals surface area contributed by atoms with Gasteiger partial charge in [0.25, 0.3) is 11.8 Å². The van der Waals surface area contributed by atoms with Crippen LogP contribution in [0, 0.1) is 34.5 Å². The quantitative estimate of drug-likeness (QED) is 0.0459. The van der Waals surface area contributed by atoms with Crippen molar-refractivity contribution in [3.05, 3.63) is 81.6 Å². The van der Waals surface area contributed by atoms with Gasteiger partial charge in [-0.15, -0.1) is 10.2 Å². The van der Waals surface area contributed by atoms with Crippen LogP contribution in [-0.4, -0.2) is 88.9 Å². The van der Waals surface area contributed by atoms with Crippen molar-refractivity contribution in [2.24, 2.45) is 21.8 Å². The number of hydrogen-bond acceptors (Lipinski definition) is 16. The molecule has 0 saturated heterocycles. The van der Waals surface area contributed by atoms with Gasteiger partial charge < -0.3 is 9.80 Å². The van der Waals surface area contributed by atoms with Crippen LogP contribution in [0.1, 0.15) is 243 Å². The lowest BCUT2D eigenvalue weighted by Crippen LogP contribution is -2.28. The highest BCUT2D eigenvalue weighted by Crippen LogP contribution is 2.43. The second-order valence-electron chi connectivity index (χ2n) is 22.6. The van der Waals surface area contributed by atoms with Gasteiger partial charge in [0.15, 0.2) is 33.6 Å². The third-order valence-electron chi connectivity index (χ3n) is 15.0. The Morgan fingerprint density at radius 3 is 1.42 bits per heavy atom. The molecule has 0 saturated carbocycles. The van der Waals surface area contributed by atoms with E-state index in [4.69, 9.17) is 29.9 Å². The van der Waals surface area contributed by atoms with Crippen LogP contribution in [0.2, 0.25) is 0 Å². The molecule has 0 aliphatic carbocycles. The van der Waals surface area contributed by atoms with E-state index in [-0.39, 0.29) is 28.9 Å². The zero-order chi connectivity index (χ0) is 58.9. The molecule has 4 aromatic heterocycles. The lowest BCUT2D eigenvalue weighted by molar-refractivity contribution is 0.0933. The first-order valence-electron chi connectivity index (χ1n) is 30.0. The standard InChI is InChI=1S/C34H45N7OS.C29H43N7OS/c1-8-10-14-25(9-2)30-38-31-28(24(7)27(21-35)33(42)41(31)39-30)36-32-29(26-15-12-11-13-16-26)37-34(43-32)40(19-17-22(3)4)20-18-23(5)6;1-8-12-15-21(11-4)25-33-26-24(20(7)22(18-30)28(37)36(26)34-25)31-27-23(19(5)6)32-29(38-27)35(16-13-9-2)17-14-10-3/h11-13,15-16,22-23,25H,8-10,14,17-20H2,1-7H3;19,21H,8-17H2,1-7H3. The number of aromatic nitrogens is 8. The number of anilines is 2. The predicted octanol–water partition coefficient (Wildman–Crippen LogP) is 16.2. The number of fused-ring (bicyclic) bond motifs is 2. The highest BCUT2D eigenvalue weighted by molar-refractivity contribution is 7.20. The first kappa shape index (κ1) is 63.7. The minimum atomic E-state index is -0.445. The normalized spacial score (nSPS) is 15.1. The van der Waals surface area contributed by atoms with Crippen LogP contribution in [-0.2, 0) is 0 Å². The van der Waals surface area contributed by atoms with Crippen LogP contribution in [0.5, 0.6) is 0 Å². The summed E-state index contributed by atoms with van der Waals surface area (Å²) in [7, 11) is 0. The van der Waals surface area contributed by atoms with Gasteiger partial charge in [-0.2, -0.15) is 19.9 Å². The molecule has 0 amide bonds.